The van der Waals surface area contributed by atoms with Crippen molar-refractivity contribution in [1.29, 1.82) is 0 Å². The topological polar surface area (TPSA) is 107 Å². The standard InChI is InChI=1S/C20H19ClF2N6O3S/c1-29-9-10(7-25-29)16-13(21)5-4-11-14(8-24-17(11)16)33(30)28-20-26-18(31-2)12(6-15(22)23)19(27-20)32-3/h4-5,7-9,15,24H,6H2,1-3H3,(H,26,27,28). The van der Waals surface area contributed by atoms with Crippen LogP contribution in [-0.4, -0.2) is 49.6 Å². The average molecular weight is 497 g/mol. The van der Waals surface area contributed by atoms with Crippen LogP contribution in [0.25, 0.3) is 22.0 Å². The number of alkyl halides is 2. The van der Waals surface area contributed by atoms with Crippen LogP contribution < -0.4 is 14.2 Å². The van der Waals surface area contributed by atoms with Crippen LogP contribution in [0.15, 0.2) is 35.6 Å². The third-order valence-corrected chi connectivity index (χ3v) is 6.24. The van der Waals surface area contributed by atoms with Gasteiger partial charge >= 0.3 is 0 Å². The molecule has 1 aromatic carbocycles. The van der Waals surface area contributed by atoms with E-state index in [2.05, 4.69) is 24.8 Å². The van der Waals surface area contributed by atoms with Crippen molar-refractivity contribution >= 4 is 39.4 Å². The van der Waals surface area contributed by atoms with Gasteiger partial charge in [0.2, 0.25) is 24.1 Å². The smallest absolute Gasteiger partial charge is 0.243 e. The fourth-order valence-electron chi connectivity index (χ4n) is 3.43. The van der Waals surface area contributed by atoms with E-state index in [1.807, 2.05) is 6.20 Å². The summed E-state index contributed by atoms with van der Waals surface area (Å²) in [6.07, 6.45) is 1.81. The first-order valence-electron chi connectivity index (χ1n) is 9.56. The maximum atomic E-state index is 13.1. The summed E-state index contributed by atoms with van der Waals surface area (Å²) < 4.78 is 53.6. The highest BCUT2D eigenvalue weighted by Crippen LogP contribution is 2.37. The van der Waals surface area contributed by atoms with Crippen molar-refractivity contribution in [2.24, 2.45) is 7.05 Å². The minimum atomic E-state index is -2.64. The molecule has 9 nitrogen and oxygen atoms in total. The number of fused-ring (bicyclic) bond motifs is 1. The van der Waals surface area contributed by atoms with E-state index in [1.54, 1.807) is 36.3 Å². The van der Waals surface area contributed by atoms with E-state index >= 15 is 0 Å². The number of nitrogens with zero attached hydrogens (tertiary/aromatic N) is 4. The number of hydrogen-bond acceptors (Lipinski definition) is 6. The van der Waals surface area contributed by atoms with Crippen molar-refractivity contribution in [3.05, 3.63) is 41.3 Å². The van der Waals surface area contributed by atoms with Gasteiger partial charge in [0.1, 0.15) is 0 Å². The molecule has 0 aliphatic heterocycles. The van der Waals surface area contributed by atoms with E-state index in [0.29, 0.717) is 20.8 Å². The summed E-state index contributed by atoms with van der Waals surface area (Å²) in [5, 5.41) is 5.35. The summed E-state index contributed by atoms with van der Waals surface area (Å²) in [6.45, 7) is 0. The normalized spacial score (nSPS) is 12.3. The molecule has 3 heterocycles. The van der Waals surface area contributed by atoms with Gasteiger partial charge in [-0.1, -0.05) is 17.7 Å². The molecule has 0 fully saturated rings. The van der Waals surface area contributed by atoms with E-state index in [1.165, 1.54) is 14.2 Å². The molecule has 4 rings (SSSR count). The summed E-state index contributed by atoms with van der Waals surface area (Å²) in [5.74, 6) is -0.284. The highest BCUT2D eigenvalue weighted by atomic mass is 35.5. The molecule has 0 aliphatic rings. The minimum absolute atomic E-state index is 0.0224. The monoisotopic (exact) mass is 496 g/mol. The van der Waals surface area contributed by atoms with Gasteiger partial charge in [0, 0.05) is 42.4 Å². The number of nitrogens with one attached hydrogen (secondary N) is 2. The Morgan fingerprint density at radius 1 is 1.24 bits per heavy atom. The van der Waals surface area contributed by atoms with Gasteiger partial charge in [-0.2, -0.15) is 15.1 Å². The summed E-state index contributed by atoms with van der Waals surface area (Å²) in [6, 6.07) is 3.46. The molecule has 13 heteroatoms. The number of methoxy groups -OCH3 is 2. The maximum absolute atomic E-state index is 13.1. The number of H-pyrrole nitrogens is 1. The predicted molar refractivity (Wildman–Crippen MR) is 120 cm³/mol. The Hall–Kier alpha value is -3.25. The van der Waals surface area contributed by atoms with Gasteiger partial charge in [0.15, 0.2) is 11.0 Å². The van der Waals surface area contributed by atoms with Crippen molar-refractivity contribution in [2.45, 2.75) is 17.7 Å². The second-order valence-corrected chi connectivity index (χ2v) is 8.50. The number of ether oxygens (including phenoxy) is 2. The zero-order chi connectivity index (χ0) is 23.7. The summed E-state index contributed by atoms with van der Waals surface area (Å²) in [7, 11) is 2.57. The third kappa shape index (κ3) is 4.48. The van der Waals surface area contributed by atoms with E-state index in [4.69, 9.17) is 21.1 Å². The lowest BCUT2D eigenvalue weighted by Gasteiger charge is -2.13. The lowest BCUT2D eigenvalue weighted by Crippen LogP contribution is -2.12. The Morgan fingerprint density at radius 2 is 1.94 bits per heavy atom. The summed E-state index contributed by atoms with van der Waals surface area (Å²) in [4.78, 5) is 11.7. The van der Waals surface area contributed by atoms with E-state index in [9.17, 15) is 13.0 Å². The third-order valence-electron chi connectivity index (χ3n) is 4.82. The van der Waals surface area contributed by atoms with E-state index < -0.39 is 23.8 Å². The summed E-state index contributed by atoms with van der Waals surface area (Å²) >= 11 is 6.43. The van der Waals surface area contributed by atoms with Crippen molar-refractivity contribution in [3.8, 4) is 22.9 Å². The number of anilines is 1. The molecular weight excluding hydrogens is 478 g/mol. The first kappa shape index (κ1) is 22.9. The Labute approximate surface area is 194 Å². The molecule has 0 amide bonds. The molecular formula is C20H19ClF2N6O3S. The van der Waals surface area contributed by atoms with Gasteiger partial charge in [-0.05, 0) is 6.07 Å². The van der Waals surface area contributed by atoms with Crippen LogP contribution >= 0.6 is 11.6 Å². The average Bonchev–Trinajstić information content (AvgIpc) is 3.40. The number of aromatic amines is 1. The lowest BCUT2D eigenvalue weighted by atomic mass is 10.1. The molecule has 3 aromatic heterocycles. The van der Waals surface area contributed by atoms with Crippen molar-refractivity contribution in [2.75, 3.05) is 18.9 Å². The molecule has 0 radical (unpaired) electrons. The SMILES string of the molecule is COc1nc(NS(=O)c2c[nH]c3c(-c4cnn(C)c4)c(Cl)ccc23)nc(OC)c1CC(F)F. The highest BCUT2D eigenvalue weighted by Gasteiger charge is 2.22. The molecule has 0 saturated carbocycles. The molecule has 1 atom stereocenters. The molecule has 33 heavy (non-hydrogen) atoms. The number of aryl methyl sites for hydroxylation is 1. The molecule has 174 valence electrons. The fraction of sp³-hybridized carbons (Fsp3) is 0.250. The number of rotatable bonds is 8. The quantitative estimate of drug-likeness (QED) is 0.382. The number of benzene rings is 1. The Kier molecular flexibility index (Phi) is 6.47. The zero-order valence-electron chi connectivity index (χ0n) is 17.7. The predicted octanol–water partition coefficient (Wildman–Crippen LogP) is 3.97. The molecule has 2 N–H and O–H groups in total. The van der Waals surface area contributed by atoms with Crippen LogP contribution in [-0.2, 0) is 24.5 Å². The van der Waals surface area contributed by atoms with Gasteiger partial charge in [0.25, 0.3) is 0 Å². The Balaban J connectivity index is 1.70. The van der Waals surface area contributed by atoms with Gasteiger partial charge < -0.3 is 14.5 Å². The van der Waals surface area contributed by atoms with E-state index in [-0.39, 0.29) is 23.3 Å². The van der Waals surface area contributed by atoms with Crippen LogP contribution in [0.5, 0.6) is 11.8 Å². The largest absolute Gasteiger partial charge is 0.481 e. The van der Waals surface area contributed by atoms with Gasteiger partial charge in [-0.3, -0.25) is 9.40 Å². The van der Waals surface area contributed by atoms with Crippen molar-refractivity contribution in [1.82, 2.24) is 24.7 Å². The second-order valence-electron chi connectivity index (χ2n) is 6.91. The molecule has 0 spiro atoms. The maximum Gasteiger partial charge on any atom is 0.243 e. The molecule has 0 bridgehead atoms. The van der Waals surface area contributed by atoms with Crippen LogP contribution in [0.4, 0.5) is 14.7 Å². The minimum Gasteiger partial charge on any atom is -0.481 e. The molecule has 1 unspecified atom stereocenters. The number of aromatic nitrogens is 5. The molecule has 0 aliphatic carbocycles. The Morgan fingerprint density at radius 3 is 2.52 bits per heavy atom. The second kappa shape index (κ2) is 9.32. The van der Waals surface area contributed by atoms with Crippen molar-refractivity contribution in [3.63, 3.8) is 0 Å². The molecule has 4 aromatic rings. The molecule has 0 saturated heterocycles. The lowest BCUT2D eigenvalue weighted by molar-refractivity contribution is 0.146. The fourth-order valence-corrected chi connectivity index (χ4v) is 4.60. The Bertz CT molecular complexity index is 1320. The first-order chi connectivity index (χ1) is 15.8. The summed E-state index contributed by atoms with van der Waals surface area (Å²) in [5.41, 5.74) is 2.23. The van der Waals surface area contributed by atoms with E-state index in [0.717, 1.165) is 11.1 Å². The van der Waals surface area contributed by atoms with Gasteiger partial charge in [-0.15, -0.1) is 0 Å². The van der Waals surface area contributed by atoms with Gasteiger partial charge in [-0.25, -0.2) is 13.0 Å². The highest BCUT2D eigenvalue weighted by molar-refractivity contribution is 7.86. The zero-order valence-corrected chi connectivity index (χ0v) is 19.3. The van der Waals surface area contributed by atoms with Crippen LogP contribution in [0.1, 0.15) is 5.56 Å². The van der Waals surface area contributed by atoms with Crippen LogP contribution in [0, 0.1) is 0 Å². The van der Waals surface area contributed by atoms with Crippen LogP contribution in [0.3, 0.4) is 0 Å². The van der Waals surface area contributed by atoms with Gasteiger partial charge in [0.05, 0.1) is 41.4 Å². The number of hydrogen-bond donors (Lipinski definition) is 2. The first-order valence-corrected chi connectivity index (χ1v) is 11.1. The number of halogens is 3. The van der Waals surface area contributed by atoms with Crippen LogP contribution in [0.2, 0.25) is 5.02 Å². The van der Waals surface area contributed by atoms with Crippen molar-refractivity contribution < 1.29 is 22.5 Å².